The second-order valence-electron chi connectivity index (χ2n) is 21.9. The first-order valence-corrected chi connectivity index (χ1v) is 37.8. The van der Waals surface area contributed by atoms with Gasteiger partial charge < -0.3 is 39.7 Å². The van der Waals surface area contributed by atoms with Gasteiger partial charge in [-0.25, -0.2) is 9.80 Å². The predicted octanol–water partition coefficient (Wildman–Crippen LogP) is 9.26. The summed E-state index contributed by atoms with van der Waals surface area (Å²) in [5.74, 6) is -4.19. The van der Waals surface area contributed by atoms with Crippen molar-refractivity contribution in [2.45, 2.75) is 42.6 Å². The zero-order valence-electron chi connectivity index (χ0n) is 53.8. The summed E-state index contributed by atoms with van der Waals surface area (Å²) in [6, 6.07) is 20.2. The number of hydrogen-bond acceptors (Lipinski definition) is 32. The van der Waals surface area contributed by atoms with Crippen molar-refractivity contribution in [1.29, 1.82) is 10.5 Å². The molecule has 0 saturated carbocycles. The summed E-state index contributed by atoms with van der Waals surface area (Å²) in [6.07, 6.45) is 2.58. The number of azo groups is 2. The number of allylic oxidation sites excluding steroid dienone is 2. The molecule has 0 spiro atoms. The molecule has 11 rings (SSSR count). The van der Waals surface area contributed by atoms with Crippen LogP contribution in [-0.2, 0) is 39.8 Å². The summed E-state index contributed by atoms with van der Waals surface area (Å²) in [6.45, 7) is 13.0. The second-order valence-corrected chi connectivity index (χ2v) is 29.4. The zero-order chi connectivity index (χ0) is 72.1. The SMILES string of the molecule is CCN(CC)c1ccc(N=Nc2nc(N3CCOCC3)c(/C=C(\C#N)N3C(=O)c4ccc(S(=O)(=O)O)cc4C3=O)s2)c(Nc2nc(Nc3cc(N(CC)CC)ccc3N=Nc3nc(N4CCOCC4)c(/C=C(\C#N)N4C(=O)c5ccc(S(=O)(=O)O)cc5C4=O)s3)nc(SCCS(=O)(=O)O)n2)c1. The third kappa shape index (κ3) is 16.2. The van der Waals surface area contributed by atoms with Gasteiger partial charge in [0.05, 0.1) is 85.4 Å². The number of ether oxygens (including phenoxy) is 2. The van der Waals surface area contributed by atoms with Gasteiger partial charge in [-0.2, -0.15) is 60.7 Å². The fourth-order valence-corrected chi connectivity index (χ4v) is 15.2. The number of fused-ring (bicyclic) bond motifs is 2. The van der Waals surface area contributed by atoms with Gasteiger partial charge in [0, 0.05) is 69.5 Å². The van der Waals surface area contributed by atoms with Crippen LogP contribution in [0.1, 0.15) is 78.9 Å². The molecule has 0 radical (unpaired) electrons. The zero-order valence-corrected chi connectivity index (χ0v) is 58.7. The van der Waals surface area contributed by atoms with E-state index in [1.165, 1.54) is 12.2 Å². The van der Waals surface area contributed by atoms with Crippen molar-refractivity contribution in [2.75, 3.05) is 121 Å². The lowest BCUT2D eigenvalue weighted by Gasteiger charge is -2.27. The van der Waals surface area contributed by atoms with Gasteiger partial charge in [0.1, 0.15) is 46.5 Å². The first-order valence-electron chi connectivity index (χ1n) is 30.7. The molecule has 34 nitrogen and oxygen atoms in total. The Balaban J connectivity index is 0.946. The number of rotatable bonds is 26. The minimum absolute atomic E-state index is 0.000529. The van der Waals surface area contributed by atoms with Crippen molar-refractivity contribution in [3.8, 4) is 12.1 Å². The number of nitrogens with zero attached hydrogens (tertiary/aromatic N) is 17. The fourth-order valence-electron chi connectivity index (χ4n) is 10.8. The molecular weight excluding hydrogens is 1430 g/mol. The largest absolute Gasteiger partial charge is 0.378 e. The average Bonchev–Trinajstić information content (AvgIpc) is 1.62. The van der Waals surface area contributed by atoms with E-state index in [0.29, 0.717) is 121 Å². The molecule has 3 aromatic heterocycles. The van der Waals surface area contributed by atoms with Crippen LogP contribution in [0.5, 0.6) is 0 Å². The van der Waals surface area contributed by atoms with E-state index >= 15 is 0 Å². The van der Waals surface area contributed by atoms with Crippen molar-refractivity contribution >= 4 is 168 Å². The lowest BCUT2D eigenvalue weighted by molar-refractivity contribution is 0.0696. The number of thiazole rings is 2. The summed E-state index contributed by atoms with van der Waals surface area (Å²) in [5, 5.41) is 46.0. The Morgan fingerprint density at radius 3 is 1.33 bits per heavy atom. The highest BCUT2D eigenvalue weighted by Crippen LogP contribution is 2.42. The third-order valence-corrected chi connectivity index (χ3v) is 21.1. The van der Waals surface area contributed by atoms with Gasteiger partial charge in [-0.3, -0.25) is 32.8 Å². The van der Waals surface area contributed by atoms with E-state index in [2.05, 4.69) is 50.9 Å². The van der Waals surface area contributed by atoms with Gasteiger partial charge in [-0.1, -0.05) is 34.4 Å². The molecule has 40 heteroatoms. The first-order chi connectivity index (χ1) is 48.3. The van der Waals surface area contributed by atoms with Crippen LogP contribution in [0.25, 0.3) is 12.2 Å². The number of nitriles is 2. The molecule has 101 heavy (non-hydrogen) atoms. The van der Waals surface area contributed by atoms with E-state index in [1.54, 1.807) is 24.3 Å². The van der Waals surface area contributed by atoms with Gasteiger partial charge in [0.2, 0.25) is 22.2 Å². The smallest absolute Gasteiger partial charge is 0.294 e. The summed E-state index contributed by atoms with van der Waals surface area (Å²) in [5.41, 5.74) is 0.630. The quantitative estimate of drug-likeness (QED) is 0.0111. The Morgan fingerprint density at radius 2 is 0.960 bits per heavy atom. The lowest BCUT2D eigenvalue weighted by Crippen LogP contribution is -2.36. The van der Waals surface area contributed by atoms with E-state index in [1.807, 2.05) is 61.8 Å². The third-order valence-electron chi connectivity index (χ3n) is 15.8. The van der Waals surface area contributed by atoms with Crippen LogP contribution in [0.2, 0.25) is 0 Å². The number of thioether (sulfide) groups is 1. The van der Waals surface area contributed by atoms with E-state index < -0.39 is 80.9 Å². The molecule has 0 aliphatic carbocycles. The maximum absolute atomic E-state index is 13.8. The predicted molar refractivity (Wildman–Crippen MR) is 373 cm³/mol. The van der Waals surface area contributed by atoms with Crippen LogP contribution in [-0.4, -0.2) is 188 Å². The molecule has 2 saturated heterocycles. The lowest BCUT2D eigenvalue weighted by atomic mass is 10.1. The summed E-state index contributed by atoms with van der Waals surface area (Å²) in [4.78, 5) is 87.0. The molecule has 7 heterocycles. The molecule has 4 aliphatic rings. The van der Waals surface area contributed by atoms with E-state index in [9.17, 15) is 68.6 Å². The highest BCUT2D eigenvalue weighted by molar-refractivity contribution is 8.00. The second kappa shape index (κ2) is 30.4. The number of carbonyl (C=O) groups excluding carboxylic acids is 4. The topological polar surface area (TPSA) is 455 Å². The highest BCUT2D eigenvalue weighted by atomic mass is 32.2. The minimum Gasteiger partial charge on any atom is -0.378 e. The number of benzene rings is 4. The molecule has 4 amide bonds. The molecule has 0 unspecified atom stereocenters. The van der Waals surface area contributed by atoms with Gasteiger partial charge >= 0.3 is 0 Å². The van der Waals surface area contributed by atoms with Crippen molar-refractivity contribution in [3.05, 3.63) is 116 Å². The number of hydrogen-bond donors (Lipinski definition) is 5. The van der Waals surface area contributed by atoms with Gasteiger partial charge in [-0.05, 0) is 113 Å². The number of aromatic nitrogens is 5. The van der Waals surface area contributed by atoms with Gasteiger partial charge in [0.25, 0.3) is 54.0 Å². The Kier molecular flexibility index (Phi) is 21.7. The molecule has 2 fully saturated rings. The number of anilines is 8. The van der Waals surface area contributed by atoms with Crippen LogP contribution in [0.15, 0.2) is 120 Å². The molecule has 4 aliphatic heterocycles. The van der Waals surface area contributed by atoms with Crippen LogP contribution in [0.4, 0.5) is 67.9 Å². The van der Waals surface area contributed by atoms with Crippen LogP contribution < -0.4 is 30.2 Å². The van der Waals surface area contributed by atoms with Crippen molar-refractivity contribution in [1.82, 2.24) is 34.7 Å². The van der Waals surface area contributed by atoms with E-state index in [4.69, 9.17) is 24.4 Å². The number of morpholine rings is 2. The van der Waals surface area contributed by atoms with Crippen molar-refractivity contribution in [2.24, 2.45) is 20.5 Å². The fraction of sp³-hybridized carbons (Fsp3) is 0.295. The minimum atomic E-state index is -4.76. The maximum atomic E-state index is 13.8. The molecule has 524 valence electrons. The van der Waals surface area contributed by atoms with Crippen LogP contribution in [0.3, 0.4) is 0 Å². The molecule has 7 aromatic rings. The molecule has 0 bridgehead atoms. The van der Waals surface area contributed by atoms with Gasteiger partial charge in [0.15, 0.2) is 5.16 Å². The Morgan fingerprint density at radius 1 is 0.564 bits per heavy atom. The molecule has 4 aromatic carbocycles. The summed E-state index contributed by atoms with van der Waals surface area (Å²) < 4.78 is 112. The Labute approximate surface area is 589 Å². The number of imide groups is 2. The summed E-state index contributed by atoms with van der Waals surface area (Å²) >= 11 is 2.84. The standard InChI is InChI=1S/C61H59N19O15S6/c1-5-75(6-2)35-9-15-45(71-73-60-66-51(77-17-21-94-22-18-77)49(97-60)29-37(33-62)79-53(81)41-13-11-39(100(88,89)90)31-43(41)55(79)83)47(27-35)64-57-68-58(70-59(69-57)96-25-26-99(85,86)87)65-48-28-36(76(7-3)8-4)10-16-46(48)72-74-61-67-52(78-19-23-95-24-20-78)50(98-61)30-38(34-63)80-54(82)42-14-12-40(101(91,92)93)32-44(42)56(80)84/h9-16,27-32H,5-8,17-26H2,1-4H3,(H,85,86,87)(H,88,89,90)(H,91,92,93)(H2,64,65,68,69,70)/b37-29+,38-30+,73-71?,74-72?. The van der Waals surface area contributed by atoms with Gasteiger partial charge in [-0.15, -0.1) is 20.5 Å². The van der Waals surface area contributed by atoms with E-state index in [-0.39, 0.29) is 66.7 Å². The van der Waals surface area contributed by atoms with E-state index in [0.717, 1.165) is 82.2 Å². The number of carbonyl (C=O) groups is 4. The van der Waals surface area contributed by atoms with Crippen molar-refractivity contribution in [3.63, 3.8) is 0 Å². The van der Waals surface area contributed by atoms with Crippen LogP contribution in [0, 0.1) is 22.7 Å². The number of amides is 4. The molecule has 5 N–H and O–H groups in total. The monoisotopic (exact) mass is 1490 g/mol. The molecule has 0 atom stereocenters. The maximum Gasteiger partial charge on any atom is 0.294 e. The Bertz CT molecular complexity index is 4760. The normalized spacial score (nSPS) is 15.4. The van der Waals surface area contributed by atoms with Crippen LogP contribution >= 0.6 is 34.4 Å². The Hall–Kier alpha value is -10.1. The highest BCUT2D eigenvalue weighted by Gasteiger charge is 2.41. The summed E-state index contributed by atoms with van der Waals surface area (Å²) in [7, 11) is -14.0. The molecular formula is C61H59N19O15S6. The first kappa shape index (κ1) is 72.2. The number of nitrogens with one attached hydrogen (secondary N) is 2. The van der Waals surface area contributed by atoms with Crippen molar-refractivity contribution < 1.29 is 67.6 Å². The average molecular weight is 1490 g/mol.